The van der Waals surface area contributed by atoms with Crippen molar-refractivity contribution in [1.29, 1.82) is 0 Å². The SMILES string of the molecule is COc1ccc2c(c1)C(=O)CC(C1CCNCC1)O2. The first-order valence-electron chi connectivity index (χ1n) is 6.86. The number of hydrogen-bond acceptors (Lipinski definition) is 4. The summed E-state index contributed by atoms with van der Waals surface area (Å²) >= 11 is 0. The lowest BCUT2D eigenvalue weighted by molar-refractivity contribution is 0.0670. The van der Waals surface area contributed by atoms with Gasteiger partial charge in [0.1, 0.15) is 17.6 Å². The van der Waals surface area contributed by atoms with Crippen LogP contribution in [0, 0.1) is 5.92 Å². The molecule has 0 saturated carbocycles. The van der Waals surface area contributed by atoms with Crippen molar-refractivity contribution < 1.29 is 14.3 Å². The number of Topliss-reactive ketones (excluding diaryl/α,β-unsaturated/α-hetero) is 1. The molecule has 0 spiro atoms. The fourth-order valence-electron chi connectivity index (χ4n) is 2.93. The lowest BCUT2D eigenvalue weighted by Gasteiger charge is -2.34. The first-order chi connectivity index (χ1) is 9.28. The molecule has 102 valence electrons. The maximum atomic E-state index is 12.3. The predicted molar refractivity (Wildman–Crippen MR) is 72.0 cm³/mol. The van der Waals surface area contributed by atoms with Gasteiger partial charge in [0, 0.05) is 6.42 Å². The topological polar surface area (TPSA) is 47.6 Å². The Morgan fingerprint density at radius 1 is 1.32 bits per heavy atom. The van der Waals surface area contributed by atoms with Gasteiger partial charge in [-0.05, 0) is 50.0 Å². The summed E-state index contributed by atoms with van der Waals surface area (Å²) in [7, 11) is 1.60. The second kappa shape index (κ2) is 5.21. The van der Waals surface area contributed by atoms with Crippen LogP contribution in [-0.2, 0) is 0 Å². The molecule has 1 unspecified atom stereocenters. The van der Waals surface area contributed by atoms with E-state index in [1.807, 2.05) is 12.1 Å². The summed E-state index contributed by atoms with van der Waals surface area (Å²) in [6, 6.07) is 5.46. The summed E-state index contributed by atoms with van der Waals surface area (Å²) in [5, 5.41) is 3.34. The van der Waals surface area contributed by atoms with Gasteiger partial charge < -0.3 is 14.8 Å². The number of benzene rings is 1. The molecular formula is C15H19NO3. The predicted octanol–water partition coefficient (Wildman–Crippen LogP) is 2.03. The van der Waals surface area contributed by atoms with Crippen LogP contribution < -0.4 is 14.8 Å². The highest BCUT2D eigenvalue weighted by Gasteiger charge is 2.33. The third kappa shape index (κ3) is 2.45. The first kappa shape index (κ1) is 12.5. The molecule has 3 rings (SSSR count). The van der Waals surface area contributed by atoms with E-state index >= 15 is 0 Å². The molecule has 2 heterocycles. The Bertz CT molecular complexity index is 480. The smallest absolute Gasteiger partial charge is 0.170 e. The zero-order valence-electron chi connectivity index (χ0n) is 11.1. The first-order valence-corrected chi connectivity index (χ1v) is 6.86. The molecule has 19 heavy (non-hydrogen) atoms. The average molecular weight is 261 g/mol. The third-order valence-electron chi connectivity index (χ3n) is 4.06. The number of hydrogen-bond donors (Lipinski definition) is 1. The van der Waals surface area contributed by atoms with E-state index in [9.17, 15) is 4.79 Å². The molecule has 4 heteroatoms. The van der Waals surface area contributed by atoms with Crippen molar-refractivity contribution in [2.45, 2.75) is 25.4 Å². The minimum atomic E-state index is 0.0375. The van der Waals surface area contributed by atoms with E-state index in [0.29, 0.717) is 29.4 Å². The van der Waals surface area contributed by atoms with Gasteiger partial charge in [-0.2, -0.15) is 0 Å². The molecular weight excluding hydrogens is 242 g/mol. The van der Waals surface area contributed by atoms with Crippen LogP contribution in [0.25, 0.3) is 0 Å². The van der Waals surface area contributed by atoms with Crippen molar-refractivity contribution in [3.8, 4) is 11.5 Å². The highest BCUT2D eigenvalue weighted by Crippen LogP contribution is 2.34. The van der Waals surface area contributed by atoms with Crippen LogP contribution in [0.5, 0.6) is 11.5 Å². The molecule has 4 nitrogen and oxygen atoms in total. The van der Waals surface area contributed by atoms with Crippen LogP contribution in [-0.4, -0.2) is 32.1 Å². The van der Waals surface area contributed by atoms with E-state index in [1.165, 1.54) is 0 Å². The lowest BCUT2D eigenvalue weighted by Crippen LogP contribution is -2.40. The molecule has 1 atom stereocenters. The summed E-state index contributed by atoms with van der Waals surface area (Å²) in [6.45, 7) is 2.04. The average Bonchev–Trinajstić information content (AvgIpc) is 2.48. The number of carbonyl (C=O) groups is 1. The van der Waals surface area contributed by atoms with Gasteiger partial charge in [0.2, 0.25) is 0 Å². The van der Waals surface area contributed by atoms with Crippen LogP contribution in [0.1, 0.15) is 29.6 Å². The lowest BCUT2D eigenvalue weighted by atomic mass is 9.86. The van der Waals surface area contributed by atoms with Gasteiger partial charge in [0.05, 0.1) is 12.7 Å². The molecule has 2 aliphatic heterocycles. The van der Waals surface area contributed by atoms with Crippen molar-refractivity contribution in [3.63, 3.8) is 0 Å². The fraction of sp³-hybridized carbons (Fsp3) is 0.533. The zero-order chi connectivity index (χ0) is 13.2. The van der Waals surface area contributed by atoms with Gasteiger partial charge in [0.25, 0.3) is 0 Å². The molecule has 1 aromatic carbocycles. The molecule has 0 radical (unpaired) electrons. The molecule has 0 aliphatic carbocycles. The van der Waals surface area contributed by atoms with Crippen molar-refractivity contribution >= 4 is 5.78 Å². The molecule has 1 aromatic rings. The molecule has 1 fully saturated rings. The number of methoxy groups -OCH3 is 1. The van der Waals surface area contributed by atoms with E-state index in [1.54, 1.807) is 13.2 Å². The Morgan fingerprint density at radius 3 is 2.84 bits per heavy atom. The molecule has 0 aromatic heterocycles. The van der Waals surface area contributed by atoms with E-state index in [-0.39, 0.29) is 11.9 Å². The zero-order valence-corrected chi connectivity index (χ0v) is 11.1. The van der Waals surface area contributed by atoms with Crippen molar-refractivity contribution in [2.24, 2.45) is 5.92 Å². The number of nitrogens with one attached hydrogen (secondary N) is 1. The Labute approximate surface area is 113 Å². The summed E-state index contributed by atoms with van der Waals surface area (Å²) in [5.41, 5.74) is 0.657. The minimum absolute atomic E-state index is 0.0375. The van der Waals surface area contributed by atoms with Gasteiger partial charge in [-0.1, -0.05) is 0 Å². The van der Waals surface area contributed by atoms with E-state index < -0.39 is 0 Å². The van der Waals surface area contributed by atoms with Crippen LogP contribution in [0.2, 0.25) is 0 Å². The van der Waals surface area contributed by atoms with Crippen molar-refractivity contribution in [3.05, 3.63) is 23.8 Å². The maximum Gasteiger partial charge on any atom is 0.170 e. The van der Waals surface area contributed by atoms with Crippen LogP contribution in [0.4, 0.5) is 0 Å². The van der Waals surface area contributed by atoms with Crippen molar-refractivity contribution in [2.75, 3.05) is 20.2 Å². The van der Waals surface area contributed by atoms with E-state index in [0.717, 1.165) is 25.9 Å². The molecule has 1 saturated heterocycles. The number of piperidine rings is 1. The molecule has 2 aliphatic rings. The maximum absolute atomic E-state index is 12.3. The number of carbonyl (C=O) groups excluding carboxylic acids is 1. The quantitative estimate of drug-likeness (QED) is 0.885. The summed E-state index contributed by atoms with van der Waals surface area (Å²) < 4.78 is 11.2. The summed E-state index contributed by atoms with van der Waals surface area (Å²) in [6.07, 6.45) is 2.70. The molecule has 0 bridgehead atoms. The van der Waals surface area contributed by atoms with Crippen molar-refractivity contribution in [1.82, 2.24) is 5.32 Å². The Kier molecular flexibility index (Phi) is 3.42. The summed E-state index contributed by atoms with van der Waals surface area (Å²) in [5.74, 6) is 2.07. The van der Waals surface area contributed by atoms with Crippen LogP contribution in [0.15, 0.2) is 18.2 Å². The Morgan fingerprint density at radius 2 is 2.11 bits per heavy atom. The van der Waals surface area contributed by atoms with Gasteiger partial charge >= 0.3 is 0 Å². The Balaban J connectivity index is 1.81. The fourth-order valence-corrected chi connectivity index (χ4v) is 2.93. The standard InChI is InChI=1S/C15H19NO3/c1-18-11-2-3-14-12(8-11)13(17)9-15(19-14)10-4-6-16-7-5-10/h2-3,8,10,15-16H,4-7,9H2,1H3. The minimum Gasteiger partial charge on any atom is -0.497 e. The highest BCUT2D eigenvalue weighted by atomic mass is 16.5. The van der Waals surface area contributed by atoms with E-state index in [4.69, 9.17) is 9.47 Å². The van der Waals surface area contributed by atoms with Gasteiger partial charge in [-0.25, -0.2) is 0 Å². The third-order valence-corrected chi connectivity index (χ3v) is 4.06. The summed E-state index contributed by atoms with van der Waals surface area (Å²) in [4.78, 5) is 12.3. The second-order valence-electron chi connectivity index (χ2n) is 5.23. The van der Waals surface area contributed by atoms with Crippen LogP contribution in [0.3, 0.4) is 0 Å². The second-order valence-corrected chi connectivity index (χ2v) is 5.23. The molecule has 0 amide bonds. The van der Waals surface area contributed by atoms with E-state index in [2.05, 4.69) is 5.32 Å². The number of rotatable bonds is 2. The van der Waals surface area contributed by atoms with Gasteiger partial charge in [0.15, 0.2) is 5.78 Å². The Hall–Kier alpha value is -1.55. The monoisotopic (exact) mass is 261 g/mol. The number of ketones is 1. The highest BCUT2D eigenvalue weighted by molar-refractivity contribution is 6.00. The van der Waals surface area contributed by atoms with Gasteiger partial charge in [-0.15, -0.1) is 0 Å². The molecule has 1 N–H and O–H groups in total. The van der Waals surface area contributed by atoms with Crippen LogP contribution >= 0.6 is 0 Å². The number of ether oxygens (including phenoxy) is 2. The van der Waals surface area contributed by atoms with Gasteiger partial charge in [-0.3, -0.25) is 4.79 Å². The largest absolute Gasteiger partial charge is 0.497 e. The number of fused-ring (bicyclic) bond motifs is 1. The normalized spacial score (nSPS) is 23.6.